The van der Waals surface area contributed by atoms with E-state index in [0.717, 1.165) is 4.88 Å². The summed E-state index contributed by atoms with van der Waals surface area (Å²) in [6, 6.07) is 2.21. The number of hydrogen-bond donors (Lipinski definition) is 3. The Morgan fingerprint density at radius 2 is 2.32 bits per heavy atom. The van der Waals surface area contributed by atoms with E-state index < -0.39 is 24.1 Å². The predicted octanol–water partition coefficient (Wildman–Crippen LogP) is 1.04. The van der Waals surface area contributed by atoms with Crippen molar-refractivity contribution in [1.82, 2.24) is 10.2 Å². The number of aliphatic hydroxyl groups is 1. The highest BCUT2D eigenvalue weighted by Crippen LogP contribution is 2.21. The van der Waals surface area contributed by atoms with Crippen LogP contribution in [0.2, 0.25) is 0 Å². The van der Waals surface area contributed by atoms with E-state index in [2.05, 4.69) is 5.32 Å². The Bertz CT molecular complexity index is 462. The SMILES string of the molecule is CC(NC(=O)N1C[C@H](O)C[C@H]1C(=O)O)c1cccs1. The molecule has 1 aliphatic rings. The van der Waals surface area contributed by atoms with Gasteiger partial charge in [0.2, 0.25) is 0 Å². The lowest BCUT2D eigenvalue weighted by molar-refractivity contribution is -0.141. The summed E-state index contributed by atoms with van der Waals surface area (Å²) < 4.78 is 0. The number of aliphatic hydroxyl groups excluding tert-OH is 1. The first-order chi connectivity index (χ1) is 8.99. The van der Waals surface area contributed by atoms with E-state index in [-0.39, 0.29) is 19.0 Å². The second-order valence-electron chi connectivity index (χ2n) is 4.58. The molecule has 1 fully saturated rings. The number of urea groups is 1. The van der Waals surface area contributed by atoms with Crippen molar-refractivity contribution in [2.75, 3.05) is 6.54 Å². The summed E-state index contributed by atoms with van der Waals surface area (Å²) >= 11 is 1.52. The molecule has 0 radical (unpaired) electrons. The predicted molar refractivity (Wildman–Crippen MR) is 70.0 cm³/mol. The van der Waals surface area contributed by atoms with Crippen molar-refractivity contribution >= 4 is 23.3 Å². The number of thiophene rings is 1. The molecule has 0 bridgehead atoms. The smallest absolute Gasteiger partial charge is 0.326 e. The molecule has 0 aromatic carbocycles. The molecule has 3 N–H and O–H groups in total. The second-order valence-corrected chi connectivity index (χ2v) is 5.56. The summed E-state index contributed by atoms with van der Waals surface area (Å²) in [5.41, 5.74) is 0. The Kier molecular flexibility index (Phi) is 4.06. The zero-order chi connectivity index (χ0) is 14.0. The van der Waals surface area contributed by atoms with E-state index >= 15 is 0 Å². The molecule has 0 saturated carbocycles. The molecule has 6 nitrogen and oxygen atoms in total. The maximum absolute atomic E-state index is 12.1. The van der Waals surface area contributed by atoms with Crippen molar-refractivity contribution in [3.8, 4) is 0 Å². The first-order valence-corrected chi connectivity index (χ1v) is 6.88. The zero-order valence-electron chi connectivity index (χ0n) is 10.4. The van der Waals surface area contributed by atoms with Gasteiger partial charge in [0, 0.05) is 17.8 Å². The molecule has 19 heavy (non-hydrogen) atoms. The number of rotatable bonds is 3. The first-order valence-electron chi connectivity index (χ1n) is 6.00. The molecular formula is C12H16N2O4S. The Labute approximate surface area is 114 Å². The summed E-state index contributed by atoms with van der Waals surface area (Å²) in [5, 5.41) is 23.2. The molecule has 3 atom stereocenters. The number of aliphatic carboxylic acids is 1. The van der Waals surface area contributed by atoms with Crippen molar-refractivity contribution in [3.05, 3.63) is 22.4 Å². The summed E-state index contributed by atoms with van der Waals surface area (Å²) in [7, 11) is 0. The molecule has 0 spiro atoms. The van der Waals surface area contributed by atoms with Crippen molar-refractivity contribution in [1.29, 1.82) is 0 Å². The number of likely N-dealkylation sites (tertiary alicyclic amines) is 1. The van der Waals surface area contributed by atoms with Gasteiger partial charge in [-0.3, -0.25) is 0 Å². The van der Waals surface area contributed by atoms with Gasteiger partial charge in [-0.05, 0) is 18.4 Å². The molecule has 2 amide bonds. The number of β-amino-alcohol motifs (C(OH)–C–C–N with tert-alkyl or cyclic N) is 1. The van der Waals surface area contributed by atoms with Crippen LogP contribution < -0.4 is 5.32 Å². The van der Waals surface area contributed by atoms with Gasteiger partial charge in [-0.25, -0.2) is 9.59 Å². The Morgan fingerprint density at radius 1 is 1.58 bits per heavy atom. The van der Waals surface area contributed by atoms with Crippen LogP contribution in [0, 0.1) is 0 Å². The quantitative estimate of drug-likeness (QED) is 0.773. The fourth-order valence-electron chi connectivity index (χ4n) is 2.15. The van der Waals surface area contributed by atoms with Crippen LogP contribution in [0.25, 0.3) is 0 Å². The molecule has 1 aromatic heterocycles. The molecule has 1 aromatic rings. The van der Waals surface area contributed by atoms with E-state index in [1.54, 1.807) is 0 Å². The summed E-state index contributed by atoms with van der Waals surface area (Å²) in [4.78, 5) is 25.3. The highest BCUT2D eigenvalue weighted by molar-refractivity contribution is 7.10. The maximum atomic E-state index is 12.1. The third-order valence-corrected chi connectivity index (χ3v) is 4.19. The van der Waals surface area contributed by atoms with Crippen LogP contribution in [0.3, 0.4) is 0 Å². The largest absolute Gasteiger partial charge is 0.480 e. The second kappa shape index (κ2) is 5.58. The van der Waals surface area contributed by atoms with Gasteiger partial charge in [-0.1, -0.05) is 6.07 Å². The number of nitrogens with zero attached hydrogens (tertiary/aromatic N) is 1. The van der Waals surface area contributed by atoms with Crippen LogP contribution >= 0.6 is 11.3 Å². The standard InChI is InChI=1S/C12H16N2O4S/c1-7(10-3-2-4-19-10)13-12(18)14-6-8(15)5-9(14)11(16)17/h2-4,7-9,15H,5-6H2,1H3,(H,13,18)(H,16,17)/t7?,8-,9+/m1/s1. The lowest BCUT2D eigenvalue weighted by atomic mass is 10.2. The van der Waals surface area contributed by atoms with Crippen LogP contribution in [0.15, 0.2) is 17.5 Å². The van der Waals surface area contributed by atoms with Crippen LogP contribution in [0.1, 0.15) is 24.3 Å². The van der Waals surface area contributed by atoms with E-state index in [1.807, 2.05) is 24.4 Å². The van der Waals surface area contributed by atoms with Crippen molar-refractivity contribution in [2.45, 2.75) is 31.5 Å². The fraction of sp³-hybridized carbons (Fsp3) is 0.500. The van der Waals surface area contributed by atoms with Gasteiger partial charge in [0.15, 0.2) is 0 Å². The minimum atomic E-state index is -1.09. The monoisotopic (exact) mass is 284 g/mol. The van der Waals surface area contributed by atoms with Crippen molar-refractivity contribution in [3.63, 3.8) is 0 Å². The molecule has 2 rings (SSSR count). The van der Waals surface area contributed by atoms with E-state index in [1.165, 1.54) is 16.2 Å². The Balaban J connectivity index is 2.01. The number of carboxylic acids is 1. The normalized spacial score (nSPS) is 24.2. The number of carbonyl (C=O) groups is 2. The Hall–Kier alpha value is -1.60. The highest BCUT2D eigenvalue weighted by atomic mass is 32.1. The van der Waals surface area contributed by atoms with Crippen LogP contribution in [0.5, 0.6) is 0 Å². The molecule has 0 aliphatic carbocycles. The van der Waals surface area contributed by atoms with E-state index in [4.69, 9.17) is 5.11 Å². The number of hydrogen-bond acceptors (Lipinski definition) is 4. The van der Waals surface area contributed by atoms with E-state index in [9.17, 15) is 14.7 Å². The number of nitrogens with one attached hydrogen (secondary N) is 1. The highest BCUT2D eigenvalue weighted by Gasteiger charge is 2.39. The van der Waals surface area contributed by atoms with Gasteiger partial charge < -0.3 is 20.4 Å². The molecule has 1 aliphatic heterocycles. The third kappa shape index (κ3) is 3.05. The summed E-state index contributed by atoms with van der Waals surface area (Å²) in [6.07, 6.45) is -0.695. The number of carbonyl (C=O) groups excluding carboxylic acids is 1. The molecular weight excluding hydrogens is 268 g/mol. The molecule has 1 saturated heterocycles. The average molecular weight is 284 g/mol. The van der Waals surface area contributed by atoms with Gasteiger partial charge in [0.05, 0.1) is 12.1 Å². The summed E-state index contributed by atoms with van der Waals surface area (Å²) in [5.74, 6) is -1.09. The Morgan fingerprint density at radius 3 is 2.89 bits per heavy atom. The van der Waals surface area contributed by atoms with Crippen molar-refractivity contribution in [2.24, 2.45) is 0 Å². The van der Waals surface area contributed by atoms with Gasteiger partial charge in [-0.2, -0.15) is 0 Å². The van der Waals surface area contributed by atoms with Gasteiger partial charge in [0.1, 0.15) is 6.04 Å². The third-order valence-electron chi connectivity index (χ3n) is 3.13. The first kappa shape index (κ1) is 13.8. The maximum Gasteiger partial charge on any atom is 0.326 e. The number of amides is 2. The minimum absolute atomic E-state index is 0.0555. The van der Waals surface area contributed by atoms with Gasteiger partial charge in [0.25, 0.3) is 0 Å². The van der Waals surface area contributed by atoms with Crippen LogP contribution in [-0.2, 0) is 4.79 Å². The fourth-order valence-corrected chi connectivity index (χ4v) is 2.88. The molecule has 104 valence electrons. The lowest BCUT2D eigenvalue weighted by Gasteiger charge is -2.23. The molecule has 7 heteroatoms. The van der Waals surface area contributed by atoms with Crippen LogP contribution in [-0.4, -0.2) is 45.8 Å². The van der Waals surface area contributed by atoms with Gasteiger partial charge >= 0.3 is 12.0 Å². The number of carboxylic acid groups (broad SMARTS) is 1. The zero-order valence-corrected chi connectivity index (χ0v) is 11.3. The minimum Gasteiger partial charge on any atom is -0.480 e. The summed E-state index contributed by atoms with van der Waals surface area (Å²) in [6.45, 7) is 1.89. The average Bonchev–Trinajstić information content (AvgIpc) is 2.96. The lowest BCUT2D eigenvalue weighted by Crippen LogP contribution is -2.46. The van der Waals surface area contributed by atoms with Gasteiger partial charge in [-0.15, -0.1) is 11.3 Å². The van der Waals surface area contributed by atoms with E-state index in [0.29, 0.717) is 0 Å². The molecule has 1 unspecified atom stereocenters. The van der Waals surface area contributed by atoms with Crippen molar-refractivity contribution < 1.29 is 19.8 Å². The van der Waals surface area contributed by atoms with Crippen LogP contribution in [0.4, 0.5) is 4.79 Å². The molecule has 2 heterocycles. The topological polar surface area (TPSA) is 89.9 Å².